The van der Waals surface area contributed by atoms with Gasteiger partial charge < -0.3 is 9.69 Å². The summed E-state index contributed by atoms with van der Waals surface area (Å²) in [6, 6.07) is 9.97. The van der Waals surface area contributed by atoms with Crippen LogP contribution < -0.4 is 0 Å². The van der Waals surface area contributed by atoms with E-state index in [1.54, 1.807) is 4.90 Å². The summed E-state index contributed by atoms with van der Waals surface area (Å²) in [6.45, 7) is 0.893. The van der Waals surface area contributed by atoms with Gasteiger partial charge in [0.15, 0.2) is 0 Å². The molecule has 1 aromatic rings. The topological polar surface area (TPSA) is 37.4 Å². The standard InChI is InChI=1S/C12H13NO2/c14-7-6-13-9-11(8-12(13)15)10-4-2-1-3-5-10/h1-5,7,11H,6,8-9H2. The Morgan fingerprint density at radius 2 is 2.07 bits per heavy atom. The molecule has 1 aromatic carbocycles. The normalized spacial score (nSPS) is 20.7. The van der Waals surface area contributed by atoms with Crippen molar-refractivity contribution >= 4 is 12.2 Å². The fourth-order valence-corrected chi connectivity index (χ4v) is 1.99. The minimum atomic E-state index is 0.0796. The van der Waals surface area contributed by atoms with Gasteiger partial charge in [-0.2, -0.15) is 0 Å². The van der Waals surface area contributed by atoms with Crippen LogP contribution in [0.1, 0.15) is 17.9 Å². The van der Waals surface area contributed by atoms with E-state index in [2.05, 4.69) is 0 Å². The van der Waals surface area contributed by atoms with Gasteiger partial charge in [-0.1, -0.05) is 30.3 Å². The van der Waals surface area contributed by atoms with Crippen LogP contribution in [0.15, 0.2) is 30.3 Å². The molecule has 3 heteroatoms. The summed E-state index contributed by atoms with van der Waals surface area (Å²) >= 11 is 0. The van der Waals surface area contributed by atoms with Crippen molar-refractivity contribution < 1.29 is 9.59 Å². The Balaban J connectivity index is 2.09. The average molecular weight is 203 g/mol. The van der Waals surface area contributed by atoms with Crippen LogP contribution >= 0.6 is 0 Å². The molecule has 0 saturated carbocycles. The van der Waals surface area contributed by atoms with Gasteiger partial charge >= 0.3 is 0 Å². The van der Waals surface area contributed by atoms with Gasteiger partial charge in [0.05, 0.1) is 6.54 Å². The first-order valence-corrected chi connectivity index (χ1v) is 5.07. The summed E-state index contributed by atoms with van der Waals surface area (Å²) in [5.41, 5.74) is 1.18. The van der Waals surface area contributed by atoms with Crippen LogP contribution in [-0.4, -0.2) is 30.2 Å². The Kier molecular flexibility index (Phi) is 2.81. The van der Waals surface area contributed by atoms with Gasteiger partial charge in [-0.3, -0.25) is 4.79 Å². The third-order valence-corrected chi connectivity index (χ3v) is 2.78. The second kappa shape index (κ2) is 4.26. The number of carbonyl (C=O) groups is 2. The summed E-state index contributed by atoms with van der Waals surface area (Å²) in [7, 11) is 0. The Morgan fingerprint density at radius 3 is 2.73 bits per heavy atom. The lowest BCUT2D eigenvalue weighted by molar-refractivity contribution is -0.129. The van der Waals surface area contributed by atoms with Crippen molar-refractivity contribution in [2.45, 2.75) is 12.3 Å². The quantitative estimate of drug-likeness (QED) is 0.692. The van der Waals surface area contributed by atoms with Gasteiger partial charge in [-0.15, -0.1) is 0 Å². The molecule has 0 aromatic heterocycles. The van der Waals surface area contributed by atoms with Crippen molar-refractivity contribution in [1.82, 2.24) is 4.90 Å². The number of aldehydes is 1. The van der Waals surface area contributed by atoms with Gasteiger partial charge in [0.2, 0.25) is 5.91 Å². The molecule has 1 saturated heterocycles. The zero-order valence-corrected chi connectivity index (χ0v) is 8.43. The molecule has 1 heterocycles. The third-order valence-electron chi connectivity index (χ3n) is 2.78. The van der Waals surface area contributed by atoms with Crippen molar-refractivity contribution in [1.29, 1.82) is 0 Å². The van der Waals surface area contributed by atoms with Crippen LogP contribution in [0.2, 0.25) is 0 Å². The van der Waals surface area contributed by atoms with Gasteiger partial charge in [-0.25, -0.2) is 0 Å². The van der Waals surface area contributed by atoms with E-state index in [-0.39, 0.29) is 18.4 Å². The first-order chi connectivity index (χ1) is 7.31. The van der Waals surface area contributed by atoms with E-state index in [9.17, 15) is 9.59 Å². The number of amides is 1. The second-order valence-corrected chi connectivity index (χ2v) is 3.78. The Labute approximate surface area is 88.7 Å². The number of carbonyl (C=O) groups excluding carboxylic acids is 2. The summed E-state index contributed by atoms with van der Waals surface area (Å²) in [4.78, 5) is 23.5. The Bertz CT molecular complexity index is 361. The number of nitrogens with zero attached hydrogens (tertiary/aromatic N) is 1. The van der Waals surface area contributed by atoms with Crippen LogP contribution in [-0.2, 0) is 9.59 Å². The first-order valence-electron chi connectivity index (χ1n) is 5.07. The fraction of sp³-hybridized carbons (Fsp3) is 0.333. The van der Waals surface area contributed by atoms with Crippen LogP contribution in [0.5, 0.6) is 0 Å². The van der Waals surface area contributed by atoms with Crippen molar-refractivity contribution in [3.05, 3.63) is 35.9 Å². The lowest BCUT2D eigenvalue weighted by Gasteiger charge is -2.12. The molecule has 1 atom stereocenters. The Morgan fingerprint density at radius 1 is 1.33 bits per heavy atom. The van der Waals surface area contributed by atoms with E-state index in [0.29, 0.717) is 13.0 Å². The van der Waals surface area contributed by atoms with Gasteiger partial charge in [0.1, 0.15) is 6.29 Å². The predicted octanol–water partition coefficient (Wildman–Crippen LogP) is 1.20. The van der Waals surface area contributed by atoms with Crippen molar-refractivity contribution in [2.24, 2.45) is 0 Å². The zero-order chi connectivity index (χ0) is 10.7. The molecule has 3 nitrogen and oxygen atoms in total. The zero-order valence-electron chi connectivity index (χ0n) is 8.43. The molecule has 78 valence electrons. The highest BCUT2D eigenvalue weighted by Crippen LogP contribution is 2.27. The lowest BCUT2D eigenvalue weighted by atomic mass is 9.99. The van der Waals surface area contributed by atoms with Gasteiger partial charge in [0, 0.05) is 18.9 Å². The van der Waals surface area contributed by atoms with Crippen LogP contribution in [0.3, 0.4) is 0 Å². The van der Waals surface area contributed by atoms with Gasteiger partial charge in [-0.05, 0) is 5.56 Å². The maximum atomic E-state index is 11.5. The molecule has 0 bridgehead atoms. The predicted molar refractivity (Wildman–Crippen MR) is 56.4 cm³/mol. The smallest absolute Gasteiger partial charge is 0.223 e. The maximum Gasteiger partial charge on any atom is 0.223 e. The molecule has 1 unspecified atom stereocenters. The SMILES string of the molecule is O=CCN1CC(c2ccccc2)CC1=O. The highest BCUT2D eigenvalue weighted by molar-refractivity contribution is 5.81. The molecule has 1 aliphatic rings. The molecule has 1 amide bonds. The largest absolute Gasteiger partial charge is 0.335 e. The summed E-state index contributed by atoms with van der Waals surface area (Å²) in [6.07, 6.45) is 1.31. The molecule has 0 radical (unpaired) electrons. The molecule has 0 spiro atoms. The highest BCUT2D eigenvalue weighted by Gasteiger charge is 2.29. The minimum absolute atomic E-state index is 0.0796. The molecule has 1 aliphatic heterocycles. The number of likely N-dealkylation sites (tertiary alicyclic amines) is 1. The molecular formula is C12H13NO2. The van der Waals surface area contributed by atoms with Gasteiger partial charge in [0.25, 0.3) is 0 Å². The third kappa shape index (κ3) is 2.06. The van der Waals surface area contributed by atoms with Crippen LogP contribution in [0.25, 0.3) is 0 Å². The summed E-state index contributed by atoms with van der Waals surface area (Å²) in [5.74, 6) is 0.328. The van der Waals surface area contributed by atoms with Crippen molar-refractivity contribution in [2.75, 3.05) is 13.1 Å². The number of hydrogen-bond donors (Lipinski definition) is 0. The van der Waals surface area contributed by atoms with Crippen molar-refractivity contribution in [3.63, 3.8) is 0 Å². The van der Waals surface area contributed by atoms with Crippen molar-refractivity contribution in [3.8, 4) is 0 Å². The van der Waals surface area contributed by atoms with E-state index in [4.69, 9.17) is 0 Å². The second-order valence-electron chi connectivity index (χ2n) is 3.78. The lowest BCUT2D eigenvalue weighted by Crippen LogP contribution is -2.26. The van der Waals surface area contributed by atoms with E-state index >= 15 is 0 Å². The number of benzene rings is 1. The minimum Gasteiger partial charge on any atom is -0.335 e. The van der Waals surface area contributed by atoms with E-state index < -0.39 is 0 Å². The Hall–Kier alpha value is -1.64. The molecule has 0 aliphatic carbocycles. The highest BCUT2D eigenvalue weighted by atomic mass is 16.2. The fourth-order valence-electron chi connectivity index (χ4n) is 1.99. The monoisotopic (exact) mass is 203 g/mol. The first kappa shape index (κ1) is 9.90. The molecular weight excluding hydrogens is 190 g/mol. The van der Waals surface area contributed by atoms with E-state index in [0.717, 1.165) is 6.29 Å². The molecule has 1 fully saturated rings. The van der Waals surface area contributed by atoms with Crippen LogP contribution in [0.4, 0.5) is 0 Å². The maximum absolute atomic E-state index is 11.5. The molecule has 0 N–H and O–H groups in total. The van der Waals surface area contributed by atoms with E-state index in [1.807, 2.05) is 30.3 Å². The van der Waals surface area contributed by atoms with Crippen LogP contribution in [0, 0.1) is 0 Å². The summed E-state index contributed by atoms with van der Waals surface area (Å²) < 4.78 is 0. The van der Waals surface area contributed by atoms with E-state index in [1.165, 1.54) is 5.56 Å². The number of hydrogen-bond acceptors (Lipinski definition) is 2. The molecule has 15 heavy (non-hydrogen) atoms. The molecule has 2 rings (SSSR count). The average Bonchev–Trinajstić information content (AvgIpc) is 2.63. The summed E-state index contributed by atoms with van der Waals surface area (Å²) in [5, 5.41) is 0. The number of rotatable bonds is 3.